The van der Waals surface area contributed by atoms with Crippen LogP contribution in [0.1, 0.15) is 30.1 Å². The fourth-order valence-electron chi connectivity index (χ4n) is 1.28. The third kappa shape index (κ3) is 3.82. The molecule has 1 amide bonds. The highest BCUT2D eigenvalue weighted by atomic mass is 16.3. The minimum Gasteiger partial charge on any atom is -0.396 e. The van der Waals surface area contributed by atoms with Crippen molar-refractivity contribution < 1.29 is 14.7 Å². The molecule has 1 aromatic carbocycles. The van der Waals surface area contributed by atoms with E-state index in [0.29, 0.717) is 17.7 Å². The van der Waals surface area contributed by atoms with Crippen LogP contribution in [0.25, 0.3) is 0 Å². The van der Waals surface area contributed by atoms with E-state index in [0.717, 1.165) is 0 Å². The third-order valence-electron chi connectivity index (χ3n) is 2.11. The first-order chi connectivity index (χ1) is 7.63. The van der Waals surface area contributed by atoms with E-state index in [2.05, 4.69) is 5.32 Å². The molecule has 0 spiro atoms. The van der Waals surface area contributed by atoms with Crippen LogP contribution in [0.4, 0.5) is 5.69 Å². The minimum absolute atomic E-state index is 0.000898. The van der Waals surface area contributed by atoms with Crippen molar-refractivity contribution in [3.63, 3.8) is 0 Å². The molecular weight excluding hydrogens is 206 g/mol. The van der Waals surface area contributed by atoms with Gasteiger partial charge in [-0.1, -0.05) is 12.1 Å². The van der Waals surface area contributed by atoms with Crippen LogP contribution in [0.2, 0.25) is 0 Å². The van der Waals surface area contributed by atoms with E-state index in [1.165, 1.54) is 6.92 Å². The number of amides is 1. The number of ketones is 1. The molecule has 0 radical (unpaired) electrons. The molecule has 0 heterocycles. The molecule has 4 heteroatoms. The summed E-state index contributed by atoms with van der Waals surface area (Å²) in [6, 6.07) is 6.78. The monoisotopic (exact) mass is 221 g/mol. The van der Waals surface area contributed by atoms with E-state index in [1.807, 2.05) is 0 Å². The highest BCUT2D eigenvalue weighted by Crippen LogP contribution is 2.11. The van der Waals surface area contributed by atoms with Crippen molar-refractivity contribution in [2.45, 2.75) is 19.8 Å². The number of benzene rings is 1. The molecule has 0 aliphatic rings. The van der Waals surface area contributed by atoms with Crippen LogP contribution in [0.5, 0.6) is 0 Å². The maximum Gasteiger partial charge on any atom is 0.224 e. The van der Waals surface area contributed by atoms with Gasteiger partial charge in [0, 0.05) is 24.3 Å². The summed E-state index contributed by atoms with van der Waals surface area (Å²) in [5, 5.41) is 11.2. The van der Waals surface area contributed by atoms with E-state index < -0.39 is 0 Å². The van der Waals surface area contributed by atoms with Gasteiger partial charge in [-0.25, -0.2) is 0 Å². The molecule has 0 atom stereocenters. The van der Waals surface area contributed by atoms with Gasteiger partial charge in [-0.05, 0) is 25.5 Å². The molecule has 0 aromatic heterocycles. The summed E-state index contributed by atoms with van der Waals surface area (Å²) in [5.74, 6) is -0.193. The zero-order valence-electron chi connectivity index (χ0n) is 9.19. The standard InChI is InChI=1S/C12H15NO3/c1-9(15)10-4-2-5-11(8-10)13-12(16)6-3-7-14/h2,4-5,8,14H,3,6-7H2,1H3,(H,13,16). The van der Waals surface area contributed by atoms with Gasteiger partial charge in [-0.15, -0.1) is 0 Å². The summed E-state index contributed by atoms with van der Waals surface area (Å²) in [6.07, 6.45) is 0.721. The average molecular weight is 221 g/mol. The lowest BCUT2D eigenvalue weighted by Crippen LogP contribution is -2.12. The van der Waals surface area contributed by atoms with Crippen LogP contribution < -0.4 is 5.32 Å². The topological polar surface area (TPSA) is 66.4 Å². The fourth-order valence-corrected chi connectivity index (χ4v) is 1.28. The first kappa shape index (κ1) is 12.4. The molecule has 0 fully saturated rings. The number of aliphatic hydroxyl groups excluding tert-OH is 1. The Morgan fingerprint density at radius 3 is 2.75 bits per heavy atom. The van der Waals surface area contributed by atoms with E-state index in [4.69, 9.17) is 5.11 Å². The summed E-state index contributed by atoms with van der Waals surface area (Å²) < 4.78 is 0. The second-order valence-corrected chi connectivity index (χ2v) is 3.51. The number of carbonyl (C=O) groups is 2. The lowest BCUT2D eigenvalue weighted by Gasteiger charge is -2.05. The normalized spacial score (nSPS) is 9.88. The van der Waals surface area contributed by atoms with E-state index in [9.17, 15) is 9.59 Å². The molecule has 0 saturated heterocycles. The Morgan fingerprint density at radius 1 is 1.38 bits per heavy atom. The lowest BCUT2D eigenvalue weighted by atomic mass is 10.1. The van der Waals surface area contributed by atoms with Crippen molar-refractivity contribution in [3.8, 4) is 0 Å². The Bertz CT molecular complexity index is 388. The zero-order valence-corrected chi connectivity index (χ0v) is 9.19. The first-order valence-electron chi connectivity index (χ1n) is 5.15. The summed E-state index contributed by atoms with van der Waals surface area (Å²) in [6.45, 7) is 1.48. The number of carbonyl (C=O) groups excluding carboxylic acids is 2. The van der Waals surface area contributed by atoms with Gasteiger partial charge in [0.25, 0.3) is 0 Å². The summed E-state index contributed by atoms with van der Waals surface area (Å²) in [5.41, 5.74) is 1.18. The SMILES string of the molecule is CC(=O)c1cccc(NC(=O)CCCO)c1. The van der Waals surface area contributed by atoms with Crippen molar-refractivity contribution in [2.75, 3.05) is 11.9 Å². The molecule has 1 rings (SSSR count). The fraction of sp³-hybridized carbons (Fsp3) is 0.333. The Labute approximate surface area is 94.3 Å². The van der Waals surface area contributed by atoms with Crippen molar-refractivity contribution in [3.05, 3.63) is 29.8 Å². The van der Waals surface area contributed by atoms with Crippen molar-refractivity contribution in [2.24, 2.45) is 0 Å². The van der Waals surface area contributed by atoms with Crippen LogP contribution in [-0.2, 0) is 4.79 Å². The predicted octanol–water partition coefficient (Wildman–Crippen LogP) is 1.60. The first-order valence-corrected chi connectivity index (χ1v) is 5.15. The molecule has 86 valence electrons. The Morgan fingerprint density at radius 2 is 2.12 bits per heavy atom. The van der Waals surface area contributed by atoms with Gasteiger partial charge in [0.05, 0.1) is 0 Å². The van der Waals surface area contributed by atoms with Gasteiger partial charge in [0.1, 0.15) is 0 Å². The summed E-state index contributed by atoms with van der Waals surface area (Å²) in [4.78, 5) is 22.5. The molecule has 0 unspecified atom stereocenters. The van der Waals surface area contributed by atoms with Crippen LogP contribution in [0.15, 0.2) is 24.3 Å². The maximum atomic E-state index is 11.3. The summed E-state index contributed by atoms with van der Waals surface area (Å²) >= 11 is 0. The Hall–Kier alpha value is -1.68. The number of hydrogen-bond acceptors (Lipinski definition) is 3. The van der Waals surface area contributed by atoms with Gasteiger partial charge in [0.15, 0.2) is 5.78 Å². The van der Waals surface area contributed by atoms with Gasteiger partial charge < -0.3 is 10.4 Å². The Kier molecular flexibility index (Phi) is 4.66. The number of aliphatic hydroxyl groups is 1. The molecule has 16 heavy (non-hydrogen) atoms. The Balaban J connectivity index is 2.63. The molecular formula is C12H15NO3. The number of anilines is 1. The largest absolute Gasteiger partial charge is 0.396 e. The number of nitrogens with one attached hydrogen (secondary N) is 1. The zero-order chi connectivity index (χ0) is 12.0. The van der Waals surface area contributed by atoms with Crippen LogP contribution in [-0.4, -0.2) is 23.4 Å². The highest BCUT2D eigenvalue weighted by molar-refractivity contribution is 5.97. The molecule has 1 aromatic rings. The lowest BCUT2D eigenvalue weighted by molar-refractivity contribution is -0.116. The van der Waals surface area contributed by atoms with Crippen molar-refractivity contribution in [1.82, 2.24) is 0 Å². The molecule has 0 saturated carbocycles. The second-order valence-electron chi connectivity index (χ2n) is 3.51. The van der Waals surface area contributed by atoms with Crippen LogP contribution >= 0.6 is 0 Å². The van der Waals surface area contributed by atoms with Gasteiger partial charge in [-0.2, -0.15) is 0 Å². The number of hydrogen-bond donors (Lipinski definition) is 2. The minimum atomic E-state index is -0.158. The maximum absolute atomic E-state index is 11.3. The highest BCUT2D eigenvalue weighted by Gasteiger charge is 2.04. The molecule has 2 N–H and O–H groups in total. The second kappa shape index (κ2) is 6.02. The average Bonchev–Trinajstić information content (AvgIpc) is 2.26. The number of rotatable bonds is 5. The van der Waals surface area contributed by atoms with Gasteiger partial charge >= 0.3 is 0 Å². The quantitative estimate of drug-likeness (QED) is 0.742. The van der Waals surface area contributed by atoms with Gasteiger partial charge in [-0.3, -0.25) is 9.59 Å². The van der Waals surface area contributed by atoms with Crippen LogP contribution in [0.3, 0.4) is 0 Å². The molecule has 0 bridgehead atoms. The predicted molar refractivity (Wildman–Crippen MR) is 61.4 cm³/mol. The number of Topliss-reactive ketones (excluding diaryl/α,β-unsaturated/α-hetero) is 1. The van der Waals surface area contributed by atoms with E-state index in [1.54, 1.807) is 24.3 Å². The summed E-state index contributed by atoms with van der Waals surface area (Å²) in [7, 11) is 0. The molecule has 0 aliphatic carbocycles. The van der Waals surface area contributed by atoms with E-state index >= 15 is 0 Å². The van der Waals surface area contributed by atoms with Crippen molar-refractivity contribution >= 4 is 17.4 Å². The van der Waals surface area contributed by atoms with Crippen molar-refractivity contribution in [1.29, 1.82) is 0 Å². The van der Waals surface area contributed by atoms with Crippen LogP contribution in [0, 0.1) is 0 Å². The van der Waals surface area contributed by atoms with E-state index in [-0.39, 0.29) is 24.7 Å². The molecule has 0 aliphatic heterocycles. The third-order valence-corrected chi connectivity index (χ3v) is 2.11. The van der Waals surface area contributed by atoms with Gasteiger partial charge in [0.2, 0.25) is 5.91 Å². The smallest absolute Gasteiger partial charge is 0.224 e. The molecule has 4 nitrogen and oxygen atoms in total.